The molecule has 100 valence electrons. The van der Waals surface area contributed by atoms with Crippen molar-refractivity contribution in [1.29, 1.82) is 0 Å². The first kappa shape index (κ1) is 14.7. The molecule has 2 N–H and O–H groups in total. The summed E-state index contributed by atoms with van der Waals surface area (Å²) in [7, 11) is 0. The maximum Gasteiger partial charge on any atom is 0.337 e. The number of rotatable bonds is 5. The highest BCUT2D eigenvalue weighted by Crippen LogP contribution is 2.18. The second-order valence-electron chi connectivity index (χ2n) is 3.91. The molecular formula is C15H17NO3. The summed E-state index contributed by atoms with van der Waals surface area (Å²) >= 11 is 0. The van der Waals surface area contributed by atoms with E-state index >= 15 is 0 Å². The number of aryl methyl sites for hydroxylation is 1. The molecule has 0 aliphatic heterocycles. The minimum atomic E-state index is -1.05. The molecule has 0 aliphatic rings. The number of carbonyl (C=O) groups is 2. The smallest absolute Gasteiger partial charge is 0.337 e. The van der Waals surface area contributed by atoms with Crippen molar-refractivity contribution in [2.45, 2.75) is 20.3 Å². The summed E-state index contributed by atoms with van der Waals surface area (Å²) in [5.41, 5.74) is 1.33. The predicted molar refractivity (Wildman–Crippen MR) is 75.4 cm³/mol. The van der Waals surface area contributed by atoms with Crippen molar-refractivity contribution < 1.29 is 14.7 Å². The zero-order valence-corrected chi connectivity index (χ0v) is 11.0. The molecule has 0 heterocycles. The highest BCUT2D eigenvalue weighted by atomic mass is 16.4. The molecule has 4 heteroatoms. The van der Waals surface area contributed by atoms with E-state index in [1.807, 2.05) is 13.8 Å². The molecule has 0 saturated heterocycles. The van der Waals surface area contributed by atoms with E-state index in [2.05, 4.69) is 5.32 Å². The average molecular weight is 259 g/mol. The lowest BCUT2D eigenvalue weighted by atomic mass is 10.1. The van der Waals surface area contributed by atoms with E-state index in [-0.39, 0.29) is 11.5 Å². The Morgan fingerprint density at radius 2 is 2.05 bits per heavy atom. The Hall–Kier alpha value is -2.36. The van der Waals surface area contributed by atoms with Gasteiger partial charge in [-0.15, -0.1) is 0 Å². The number of nitrogens with one attached hydrogen (secondary N) is 1. The van der Waals surface area contributed by atoms with Crippen molar-refractivity contribution >= 4 is 17.6 Å². The first-order valence-electron chi connectivity index (χ1n) is 6.05. The van der Waals surface area contributed by atoms with Crippen LogP contribution in [0, 0.1) is 0 Å². The molecule has 0 unspecified atom stereocenters. The SMILES string of the molecule is C/C=C/C=C/C(=O)Nc1ccc(CC)cc1C(=O)O. The van der Waals surface area contributed by atoms with Gasteiger partial charge in [-0.25, -0.2) is 4.79 Å². The van der Waals surface area contributed by atoms with Gasteiger partial charge >= 0.3 is 5.97 Å². The number of carboxylic acids is 1. The van der Waals surface area contributed by atoms with Crippen molar-refractivity contribution in [3.8, 4) is 0 Å². The third kappa shape index (κ3) is 4.43. The minimum absolute atomic E-state index is 0.104. The molecule has 0 saturated carbocycles. The van der Waals surface area contributed by atoms with Gasteiger partial charge in [-0.3, -0.25) is 4.79 Å². The molecule has 0 aromatic heterocycles. The number of benzene rings is 1. The van der Waals surface area contributed by atoms with Crippen molar-refractivity contribution in [3.05, 3.63) is 53.6 Å². The summed E-state index contributed by atoms with van der Waals surface area (Å²) in [5, 5.41) is 11.7. The van der Waals surface area contributed by atoms with Crippen LogP contribution < -0.4 is 5.32 Å². The Kier molecular flexibility index (Phi) is 5.54. The summed E-state index contributed by atoms with van der Waals surface area (Å²) < 4.78 is 0. The number of allylic oxidation sites excluding steroid dienone is 3. The second-order valence-corrected chi connectivity index (χ2v) is 3.91. The molecule has 0 bridgehead atoms. The fourth-order valence-electron chi connectivity index (χ4n) is 1.53. The number of carboxylic acid groups (broad SMARTS) is 1. The number of anilines is 1. The molecule has 1 aromatic rings. The van der Waals surface area contributed by atoms with Gasteiger partial charge < -0.3 is 10.4 Å². The third-order valence-corrected chi connectivity index (χ3v) is 2.53. The van der Waals surface area contributed by atoms with Crippen LogP contribution in [0.3, 0.4) is 0 Å². The number of amides is 1. The highest BCUT2D eigenvalue weighted by Gasteiger charge is 2.11. The topological polar surface area (TPSA) is 66.4 Å². The lowest BCUT2D eigenvalue weighted by Crippen LogP contribution is -2.12. The lowest BCUT2D eigenvalue weighted by molar-refractivity contribution is -0.111. The van der Waals surface area contributed by atoms with Gasteiger partial charge in [0, 0.05) is 6.08 Å². The predicted octanol–water partition coefficient (Wildman–Crippen LogP) is 3.02. The summed E-state index contributed by atoms with van der Waals surface area (Å²) in [5.74, 6) is -1.41. The Morgan fingerprint density at radius 3 is 2.63 bits per heavy atom. The molecule has 0 radical (unpaired) electrons. The van der Waals surface area contributed by atoms with E-state index in [4.69, 9.17) is 5.11 Å². The molecule has 1 aromatic carbocycles. The van der Waals surface area contributed by atoms with Gasteiger partial charge in [0.25, 0.3) is 0 Å². The first-order chi connectivity index (χ1) is 9.08. The fraction of sp³-hybridized carbons (Fsp3) is 0.200. The van der Waals surface area contributed by atoms with Gasteiger partial charge in [0.15, 0.2) is 0 Å². The monoisotopic (exact) mass is 259 g/mol. The Balaban J connectivity index is 2.94. The maximum absolute atomic E-state index is 11.6. The molecule has 0 spiro atoms. The molecule has 0 aliphatic carbocycles. The van der Waals surface area contributed by atoms with Crippen molar-refractivity contribution in [2.24, 2.45) is 0 Å². The zero-order valence-electron chi connectivity index (χ0n) is 11.0. The maximum atomic E-state index is 11.6. The lowest BCUT2D eigenvalue weighted by Gasteiger charge is -2.08. The van der Waals surface area contributed by atoms with Gasteiger partial charge in [-0.1, -0.05) is 31.2 Å². The quantitative estimate of drug-likeness (QED) is 0.631. The van der Waals surface area contributed by atoms with Gasteiger partial charge in [0.05, 0.1) is 11.3 Å². The largest absolute Gasteiger partial charge is 0.478 e. The van der Waals surface area contributed by atoms with E-state index in [1.165, 1.54) is 6.08 Å². The third-order valence-electron chi connectivity index (χ3n) is 2.53. The van der Waals surface area contributed by atoms with Gasteiger partial charge in [0.2, 0.25) is 5.91 Å². The molecule has 1 rings (SSSR count). The number of hydrogen-bond acceptors (Lipinski definition) is 2. The van der Waals surface area contributed by atoms with Crippen LogP contribution in [0.25, 0.3) is 0 Å². The van der Waals surface area contributed by atoms with Crippen LogP contribution in [0.1, 0.15) is 29.8 Å². The van der Waals surface area contributed by atoms with E-state index in [9.17, 15) is 9.59 Å². The minimum Gasteiger partial charge on any atom is -0.478 e. The van der Waals surface area contributed by atoms with Gasteiger partial charge in [-0.2, -0.15) is 0 Å². The highest BCUT2D eigenvalue weighted by molar-refractivity contribution is 6.04. The summed E-state index contributed by atoms with van der Waals surface area (Å²) in [6, 6.07) is 5.00. The Labute approximate surface area is 112 Å². The summed E-state index contributed by atoms with van der Waals surface area (Å²) in [6.07, 6.45) is 7.20. The molecule has 0 fully saturated rings. The Morgan fingerprint density at radius 1 is 1.32 bits per heavy atom. The number of carbonyl (C=O) groups excluding carboxylic acids is 1. The number of hydrogen-bond donors (Lipinski definition) is 2. The zero-order chi connectivity index (χ0) is 14.3. The van der Waals surface area contributed by atoms with Crippen LogP contribution in [0.2, 0.25) is 0 Å². The Bertz CT molecular complexity index is 530. The van der Waals surface area contributed by atoms with Gasteiger partial charge in [0.1, 0.15) is 0 Å². The summed E-state index contributed by atoms with van der Waals surface area (Å²) in [6.45, 7) is 3.79. The van der Waals surface area contributed by atoms with Crippen LogP contribution in [0.4, 0.5) is 5.69 Å². The summed E-state index contributed by atoms with van der Waals surface area (Å²) in [4.78, 5) is 22.7. The average Bonchev–Trinajstić information content (AvgIpc) is 2.39. The van der Waals surface area contributed by atoms with Crippen LogP contribution in [0.5, 0.6) is 0 Å². The number of aromatic carboxylic acids is 1. The fourth-order valence-corrected chi connectivity index (χ4v) is 1.53. The van der Waals surface area contributed by atoms with Gasteiger partial charge in [-0.05, 0) is 31.0 Å². The van der Waals surface area contributed by atoms with E-state index in [1.54, 1.807) is 36.4 Å². The van der Waals surface area contributed by atoms with Crippen LogP contribution >= 0.6 is 0 Å². The standard InChI is InChI=1S/C15H17NO3/c1-3-5-6-7-14(17)16-13-9-8-11(4-2)10-12(13)15(18)19/h3,5-10H,4H2,1-2H3,(H,16,17)(H,18,19)/b5-3+,7-6+. The van der Waals surface area contributed by atoms with Crippen molar-refractivity contribution in [2.75, 3.05) is 5.32 Å². The van der Waals surface area contributed by atoms with E-state index < -0.39 is 5.97 Å². The van der Waals surface area contributed by atoms with Crippen LogP contribution in [-0.2, 0) is 11.2 Å². The molecule has 1 amide bonds. The van der Waals surface area contributed by atoms with Crippen molar-refractivity contribution in [1.82, 2.24) is 0 Å². The molecule has 0 atom stereocenters. The second kappa shape index (κ2) is 7.16. The van der Waals surface area contributed by atoms with Crippen molar-refractivity contribution in [3.63, 3.8) is 0 Å². The van der Waals surface area contributed by atoms with E-state index in [0.29, 0.717) is 5.69 Å². The first-order valence-corrected chi connectivity index (χ1v) is 6.05. The van der Waals surface area contributed by atoms with E-state index in [0.717, 1.165) is 12.0 Å². The normalized spacial score (nSPS) is 11.1. The molecular weight excluding hydrogens is 242 g/mol. The van der Waals surface area contributed by atoms with Crippen LogP contribution in [-0.4, -0.2) is 17.0 Å². The molecule has 4 nitrogen and oxygen atoms in total. The van der Waals surface area contributed by atoms with Crippen LogP contribution in [0.15, 0.2) is 42.5 Å². The molecule has 19 heavy (non-hydrogen) atoms.